The Labute approximate surface area is 131 Å². The Morgan fingerprint density at radius 3 is 2.39 bits per heavy atom. The first kappa shape index (κ1) is 17.5. The molecular weight excluding hydrogens is 315 g/mol. The second-order valence-corrected chi connectivity index (χ2v) is 5.59. The number of rotatable bonds is 4. The fraction of sp³-hybridized carbons (Fsp3) is 0.571. The summed E-state index contributed by atoms with van der Waals surface area (Å²) in [5.41, 5.74) is -1.61. The van der Waals surface area contributed by atoms with Gasteiger partial charge >= 0.3 is 6.18 Å². The number of hydrogen-bond donors (Lipinski definition) is 1. The van der Waals surface area contributed by atoms with Crippen molar-refractivity contribution in [2.45, 2.75) is 19.2 Å². The number of piperazine rings is 1. The van der Waals surface area contributed by atoms with Crippen LogP contribution in [0, 0.1) is 10.1 Å². The molecule has 0 amide bonds. The summed E-state index contributed by atoms with van der Waals surface area (Å²) in [6, 6.07) is 2.83. The molecule has 9 heteroatoms. The number of hydrogen-bond acceptors (Lipinski definition) is 5. The molecule has 1 aromatic carbocycles. The third-order valence-electron chi connectivity index (χ3n) is 3.73. The predicted molar refractivity (Wildman–Crippen MR) is 78.4 cm³/mol. The molecule has 1 N–H and O–H groups in total. The van der Waals surface area contributed by atoms with E-state index in [0.29, 0.717) is 38.8 Å². The van der Waals surface area contributed by atoms with Crippen LogP contribution in [0.2, 0.25) is 0 Å². The molecule has 1 fully saturated rings. The smallest absolute Gasteiger partial charge is 0.392 e. The minimum absolute atomic E-state index is 0.0419. The van der Waals surface area contributed by atoms with Crippen LogP contribution in [0.1, 0.15) is 12.5 Å². The van der Waals surface area contributed by atoms with Crippen LogP contribution in [0.4, 0.5) is 24.5 Å². The van der Waals surface area contributed by atoms with Crippen molar-refractivity contribution in [2.75, 3.05) is 37.6 Å². The molecule has 23 heavy (non-hydrogen) atoms. The fourth-order valence-electron chi connectivity index (χ4n) is 2.69. The van der Waals surface area contributed by atoms with Gasteiger partial charge in [-0.3, -0.25) is 15.0 Å². The standard InChI is InChI=1S/C14H18F3N3O3/c1-10(21)9-18-4-6-19(7-5-18)13-3-2-11(20(22)23)8-12(13)14(15,16)17/h2-3,8,10,21H,4-7,9H2,1H3/t10-/m1/s1. The first-order valence-electron chi connectivity index (χ1n) is 7.19. The lowest BCUT2D eigenvalue weighted by Gasteiger charge is -2.37. The van der Waals surface area contributed by atoms with Crippen LogP contribution in [0.25, 0.3) is 0 Å². The summed E-state index contributed by atoms with van der Waals surface area (Å²) in [6.07, 6.45) is -5.15. The number of aliphatic hydroxyl groups excluding tert-OH is 1. The molecule has 1 aromatic rings. The van der Waals surface area contributed by atoms with E-state index in [1.165, 1.54) is 0 Å². The number of benzene rings is 1. The topological polar surface area (TPSA) is 69.8 Å². The van der Waals surface area contributed by atoms with Gasteiger partial charge in [-0.15, -0.1) is 0 Å². The summed E-state index contributed by atoms with van der Waals surface area (Å²) in [7, 11) is 0. The lowest BCUT2D eigenvalue weighted by atomic mass is 10.1. The Balaban J connectivity index is 2.21. The van der Waals surface area contributed by atoms with E-state index >= 15 is 0 Å². The summed E-state index contributed by atoms with van der Waals surface area (Å²) in [5.74, 6) is 0. The number of alkyl halides is 3. The number of nitro benzene ring substituents is 1. The highest BCUT2D eigenvalue weighted by Crippen LogP contribution is 2.39. The van der Waals surface area contributed by atoms with E-state index in [1.807, 2.05) is 4.90 Å². The van der Waals surface area contributed by atoms with Gasteiger partial charge in [-0.25, -0.2) is 0 Å². The molecule has 0 saturated carbocycles. The molecule has 0 aromatic heterocycles. The zero-order valence-electron chi connectivity index (χ0n) is 12.6. The third-order valence-corrected chi connectivity index (χ3v) is 3.73. The van der Waals surface area contributed by atoms with Crippen LogP contribution in [-0.4, -0.2) is 53.8 Å². The highest BCUT2D eigenvalue weighted by Gasteiger charge is 2.37. The fourth-order valence-corrected chi connectivity index (χ4v) is 2.69. The van der Waals surface area contributed by atoms with Gasteiger partial charge in [-0.1, -0.05) is 0 Å². The molecule has 1 saturated heterocycles. The Hall–Kier alpha value is -1.87. The average Bonchev–Trinajstić information content (AvgIpc) is 2.46. The average molecular weight is 333 g/mol. The number of nitrogens with zero attached hydrogens (tertiary/aromatic N) is 3. The van der Waals surface area contributed by atoms with Crippen LogP contribution < -0.4 is 4.90 Å². The summed E-state index contributed by atoms with van der Waals surface area (Å²) in [5, 5.41) is 20.1. The van der Waals surface area contributed by atoms with Crippen LogP contribution in [0.5, 0.6) is 0 Å². The van der Waals surface area contributed by atoms with Gasteiger partial charge in [0.1, 0.15) is 0 Å². The number of nitro groups is 1. The molecule has 6 nitrogen and oxygen atoms in total. The Morgan fingerprint density at radius 1 is 1.30 bits per heavy atom. The molecule has 1 aliphatic rings. The van der Waals surface area contributed by atoms with Crippen LogP contribution in [0.15, 0.2) is 18.2 Å². The first-order chi connectivity index (χ1) is 10.7. The largest absolute Gasteiger partial charge is 0.418 e. The highest BCUT2D eigenvalue weighted by atomic mass is 19.4. The number of halogens is 3. The molecule has 1 atom stereocenters. The van der Waals surface area contributed by atoms with Crippen molar-refractivity contribution < 1.29 is 23.2 Å². The predicted octanol–water partition coefficient (Wildman–Crippen LogP) is 2.12. The van der Waals surface area contributed by atoms with E-state index in [4.69, 9.17) is 0 Å². The van der Waals surface area contributed by atoms with Crippen molar-refractivity contribution in [3.63, 3.8) is 0 Å². The molecule has 0 bridgehead atoms. The van der Waals surface area contributed by atoms with Crippen molar-refractivity contribution >= 4 is 11.4 Å². The molecule has 128 valence electrons. The van der Waals surface area contributed by atoms with Gasteiger partial charge in [0.25, 0.3) is 5.69 Å². The monoisotopic (exact) mass is 333 g/mol. The molecular formula is C14H18F3N3O3. The van der Waals surface area contributed by atoms with Crippen LogP contribution in [0.3, 0.4) is 0 Å². The van der Waals surface area contributed by atoms with E-state index in [-0.39, 0.29) is 5.69 Å². The second kappa shape index (κ2) is 6.71. The molecule has 0 unspecified atom stereocenters. The van der Waals surface area contributed by atoms with Crippen molar-refractivity contribution in [3.05, 3.63) is 33.9 Å². The van der Waals surface area contributed by atoms with Gasteiger partial charge in [0.2, 0.25) is 0 Å². The van der Waals surface area contributed by atoms with Crippen molar-refractivity contribution in [1.29, 1.82) is 0 Å². The van der Waals surface area contributed by atoms with E-state index in [2.05, 4.69) is 0 Å². The quantitative estimate of drug-likeness (QED) is 0.675. The molecule has 2 rings (SSSR count). The van der Waals surface area contributed by atoms with E-state index < -0.39 is 28.5 Å². The van der Waals surface area contributed by atoms with Gasteiger partial charge in [-0.05, 0) is 13.0 Å². The van der Waals surface area contributed by atoms with Crippen molar-refractivity contribution in [3.8, 4) is 0 Å². The minimum Gasteiger partial charge on any atom is -0.392 e. The van der Waals surface area contributed by atoms with Crippen molar-refractivity contribution in [1.82, 2.24) is 4.90 Å². The van der Waals surface area contributed by atoms with Gasteiger partial charge in [0, 0.05) is 50.5 Å². The van der Waals surface area contributed by atoms with Gasteiger partial charge in [0.05, 0.1) is 16.6 Å². The first-order valence-corrected chi connectivity index (χ1v) is 7.19. The maximum Gasteiger partial charge on any atom is 0.418 e. The summed E-state index contributed by atoms with van der Waals surface area (Å²) in [6.45, 7) is 3.92. The summed E-state index contributed by atoms with van der Waals surface area (Å²) >= 11 is 0. The number of non-ortho nitro benzene ring substituents is 1. The lowest BCUT2D eigenvalue weighted by Crippen LogP contribution is -2.48. The maximum absolute atomic E-state index is 13.2. The second-order valence-electron chi connectivity index (χ2n) is 5.59. The van der Waals surface area contributed by atoms with Crippen LogP contribution in [-0.2, 0) is 6.18 Å². The molecule has 0 spiro atoms. The van der Waals surface area contributed by atoms with Crippen LogP contribution >= 0.6 is 0 Å². The van der Waals surface area contributed by atoms with E-state index in [0.717, 1.165) is 12.1 Å². The highest BCUT2D eigenvalue weighted by molar-refractivity contribution is 5.59. The Bertz CT molecular complexity index is 570. The Kier molecular flexibility index (Phi) is 5.10. The lowest BCUT2D eigenvalue weighted by molar-refractivity contribution is -0.385. The van der Waals surface area contributed by atoms with Crippen molar-refractivity contribution in [2.24, 2.45) is 0 Å². The zero-order chi connectivity index (χ0) is 17.2. The SMILES string of the molecule is C[C@@H](O)CN1CCN(c2ccc([N+](=O)[O-])cc2C(F)(F)F)CC1. The summed E-state index contributed by atoms with van der Waals surface area (Å²) < 4.78 is 39.6. The van der Waals surface area contributed by atoms with Gasteiger partial charge in [-0.2, -0.15) is 13.2 Å². The Morgan fingerprint density at radius 2 is 1.91 bits per heavy atom. The number of β-amino-alcohol motifs (C(OH)–C–C–N with tert-alkyl or cyclic N) is 1. The molecule has 1 heterocycles. The van der Waals surface area contributed by atoms with E-state index in [9.17, 15) is 28.4 Å². The zero-order valence-corrected chi connectivity index (χ0v) is 12.6. The molecule has 0 radical (unpaired) electrons. The molecule has 1 aliphatic heterocycles. The van der Waals surface area contributed by atoms with Gasteiger partial charge in [0.15, 0.2) is 0 Å². The maximum atomic E-state index is 13.2. The number of aliphatic hydroxyl groups is 1. The minimum atomic E-state index is -4.65. The van der Waals surface area contributed by atoms with Gasteiger partial charge < -0.3 is 10.0 Å². The summed E-state index contributed by atoms with van der Waals surface area (Å²) in [4.78, 5) is 13.4. The normalized spacial score (nSPS) is 18.0. The number of anilines is 1. The van der Waals surface area contributed by atoms with E-state index in [1.54, 1.807) is 11.8 Å². The third kappa shape index (κ3) is 4.32. The molecule has 0 aliphatic carbocycles.